The van der Waals surface area contributed by atoms with Gasteiger partial charge in [-0.25, -0.2) is 4.79 Å². The molecule has 3 amide bonds. The summed E-state index contributed by atoms with van der Waals surface area (Å²) in [6.45, 7) is 4.15. The first-order chi connectivity index (χ1) is 25.3. The van der Waals surface area contributed by atoms with E-state index in [4.69, 9.17) is 9.47 Å². The van der Waals surface area contributed by atoms with Gasteiger partial charge < -0.3 is 40.1 Å². The minimum Gasteiger partial charge on any atom is -0.506 e. The molecule has 1 fully saturated rings. The molecule has 4 aromatic rings. The van der Waals surface area contributed by atoms with Gasteiger partial charge in [-0.3, -0.25) is 14.9 Å². The van der Waals surface area contributed by atoms with Gasteiger partial charge in [0, 0.05) is 62.5 Å². The first kappa shape index (κ1) is 35.0. The Morgan fingerprint density at radius 2 is 1.73 bits per heavy atom. The number of amides is 3. The predicted molar refractivity (Wildman–Crippen MR) is 196 cm³/mol. The standard InChI is InChI=1S/C40H43N5O7/c46-34-13-12-32(38-37(34)43-36(48)25-51-38)35(47)24-41-23-26-10-11-31-28(22-26)14-19-45(39(31)49)21-20-44-17-15-29(16-18-44)52-40(50)42-33-9-5-4-8-30(33)27-6-2-1-3-7-27/h1-13,22,29,35,41,46-47H,14-21,23-25H2,(H,42,50)(H,43,48). The Morgan fingerprint density at radius 3 is 2.56 bits per heavy atom. The minimum absolute atomic E-state index is 0.0334. The van der Waals surface area contributed by atoms with E-state index in [9.17, 15) is 24.6 Å². The van der Waals surface area contributed by atoms with Crippen molar-refractivity contribution in [2.75, 3.05) is 56.5 Å². The molecule has 0 bridgehead atoms. The minimum atomic E-state index is -0.928. The van der Waals surface area contributed by atoms with E-state index in [1.54, 1.807) is 6.07 Å². The number of benzene rings is 4. The third-order valence-electron chi connectivity index (χ3n) is 9.89. The Morgan fingerprint density at radius 1 is 0.942 bits per heavy atom. The molecular formula is C40H43N5O7. The normalized spacial score (nSPS) is 16.7. The molecule has 5 N–H and O–H groups in total. The summed E-state index contributed by atoms with van der Waals surface area (Å²) < 4.78 is 11.3. The Hall–Kier alpha value is -5.43. The molecule has 0 radical (unpaired) electrons. The van der Waals surface area contributed by atoms with E-state index in [0.29, 0.717) is 30.9 Å². The van der Waals surface area contributed by atoms with Crippen LogP contribution in [-0.4, -0.2) is 89.9 Å². The first-order valence-electron chi connectivity index (χ1n) is 17.7. The summed E-state index contributed by atoms with van der Waals surface area (Å²) in [7, 11) is 0. The molecule has 3 aliphatic rings. The highest BCUT2D eigenvalue weighted by Gasteiger charge is 2.28. The van der Waals surface area contributed by atoms with Crippen molar-refractivity contribution in [3.8, 4) is 22.6 Å². The Bertz CT molecular complexity index is 1930. The van der Waals surface area contributed by atoms with Crippen LogP contribution in [0, 0.1) is 0 Å². The summed E-state index contributed by atoms with van der Waals surface area (Å²) in [5.41, 5.74) is 6.05. The fraction of sp³-hybridized carbons (Fsp3) is 0.325. The lowest BCUT2D eigenvalue weighted by atomic mass is 9.96. The molecule has 1 unspecified atom stereocenters. The summed E-state index contributed by atoms with van der Waals surface area (Å²) in [5.74, 6) is -0.185. The topological polar surface area (TPSA) is 153 Å². The van der Waals surface area contributed by atoms with Crippen molar-refractivity contribution in [2.24, 2.45) is 0 Å². The van der Waals surface area contributed by atoms with Gasteiger partial charge in [0.15, 0.2) is 12.4 Å². The molecule has 0 spiro atoms. The second kappa shape index (κ2) is 15.9. The van der Waals surface area contributed by atoms with E-state index in [2.05, 4.69) is 20.9 Å². The highest BCUT2D eigenvalue weighted by Crippen LogP contribution is 2.41. The summed E-state index contributed by atoms with van der Waals surface area (Å²) in [6.07, 6.45) is 0.702. The van der Waals surface area contributed by atoms with Crippen molar-refractivity contribution in [3.05, 3.63) is 107 Å². The van der Waals surface area contributed by atoms with Crippen LogP contribution in [0.3, 0.4) is 0 Å². The molecule has 0 aliphatic carbocycles. The Kier molecular flexibility index (Phi) is 10.7. The number of nitrogens with one attached hydrogen (secondary N) is 3. The number of aromatic hydroxyl groups is 1. The summed E-state index contributed by atoms with van der Waals surface area (Å²) in [5, 5.41) is 29.7. The molecule has 0 saturated carbocycles. The number of phenols is 1. The highest BCUT2D eigenvalue weighted by atomic mass is 16.6. The maximum Gasteiger partial charge on any atom is 0.411 e. The van der Waals surface area contributed by atoms with Gasteiger partial charge in [0.1, 0.15) is 17.5 Å². The number of carbonyl (C=O) groups is 3. The van der Waals surface area contributed by atoms with Crippen LogP contribution in [0.2, 0.25) is 0 Å². The number of hydrogen-bond donors (Lipinski definition) is 5. The maximum absolute atomic E-state index is 13.4. The Balaban J connectivity index is 0.841. The van der Waals surface area contributed by atoms with Crippen LogP contribution in [0.1, 0.15) is 46.0 Å². The zero-order valence-electron chi connectivity index (χ0n) is 28.8. The number of nitrogens with zero attached hydrogens (tertiary/aromatic N) is 2. The number of piperidine rings is 1. The molecule has 1 atom stereocenters. The second-order valence-corrected chi connectivity index (χ2v) is 13.4. The molecule has 3 heterocycles. The van der Waals surface area contributed by atoms with Gasteiger partial charge in [0.25, 0.3) is 11.8 Å². The van der Waals surface area contributed by atoms with Crippen LogP contribution in [-0.2, 0) is 22.5 Å². The van der Waals surface area contributed by atoms with E-state index in [-0.39, 0.29) is 48.3 Å². The van der Waals surface area contributed by atoms with Gasteiger partial charge in [0.05, 0.1) is 11.8 Å². The summed E-state index contributed by atoms with van der Waals surface area (Å²) in [6, 6.07) is 26.5. The smallest absolute Gasteiger partial charge is 0.411 e. The molecule has 12 heteroatoms. The van der Waals surface area contributed by atoms with Crippen molar-refractivity contribution >= 4 is 29.3 Å². The largest absolute Gasteiger partial charge is 0.506 e. The van der Waals surface area contributed by atoms with E-state index in [0.717, 1.165) is 66.7 Å². The van der Waals surface area contributed by atoms with Gasteiger partial charge in [-0.2, -0.15) is 0 Å². The van der Waals surface area contributed by atoms with Crippen molar-refractivity contribution < 1.29 is 34.1 Å². The number of ether oxygens (including phenoxy) is 2. The van der Waals surface area contributed by atoms with E-state index < -0.39 is 12.2 Å². The van der Waals surface area contributed by atoms with Gasteiger partial charge in [-0.1, -0.05) is 60.7 Å². The highest BCUT2D eigenvalue weighted by molar-refractivity contribution is 5.98. The number of fused-ring (bicyclic) bond motifs is 2. The fourth-order valence-corrected chi connectivity index (χ4v) is 7.08. The quantitative estimate of drug-likeness (QED) is 0.137. The van der Waals surface area contributed by atoms with Crippen LogP contribution >= 0.6 is 0 Å². The first-order valence-corrected chi connectivity index (χ1v) is 17.7. The van der Waals surface area contributed by atoms with Gasteiger partial charge in [-0.15, -0.1) is 0 Å². The number of phenolic OH excluding ortho intramolecular Hbond substituents is 1. The summed E-state index contributed by atoms with van der Waals surface area (Å²) in [4.78, 5) is 42.1. The molecule has 270 valence electrons. The average molecular weight is 706 g/mol. The number of para-hydroxylation sites is 1. The lowest BCUT2D eigenvalue weighted by Crippen LogP contribution is -2.45. The second-order valence-electron chi connectivity index (χ2n) is 13.4. The van der Waals surface area contributed by atoms with Crippen molar-refractivity contribution in [1.29, 1.82) is 0 Å². The van der Waals surface area contributed by atoms with Crippen LogP contribution < -0.4 is 20.7 Å². The fourth-order valence-electron chi connectivity index (χ4n) is 7.08. The molecule has 4 aromatic carbocycles. The number of rotatable bonds is 11. The van der Waals surface area contributed by atoms with Crippen molar-refractivity contribution in [1.82, 2.24) is 15.1 Å². The van der Waals surface area contributed by atoms with Gasteiger partial charge >= 0.3 is 6.09 Å². The van der Waals surface area contributed by atoms with E-state index >= 15 is 0 Å². The van der Waals surface area contributed by atoms with Crippen molar-refractivity contribution in [3.63, 3.8) is 0 Å². The van der Waals surface area contributed by atoms with Gasteiger partial charge in [0.2, 0.25) is 0 Å². The predicted octanol–water partition coefficient (Wildman–Crippen LogP) is 4.92. The molecule has 3 aliphatic heterocycles. The number of carbonyl (C=O) groups excluding carboxylic acids is 3. The van der Waals surface area contributed by atoms with Gasteiger partial charge in [-0.05, 0) is 60.2 Å². The van der Waals surface area contributed by atoms with E-state index in [1.165, 1.54) is 6.07 Å². The van der Waals surface area contributed by atoms with Crippen LogP contribution in [0.4, 0.5) is 16.2 Å². The number of likely N-dealkylation sites (tertiary alicyclic amines) is 1. The average Bonchev–Trinajstić information content (AvgIpc) is 3.16. The lowest BCUT2D eigenvalue weighted by molar-refractivity contribution is -0.118. The zero-order valence-corrected chi connectivity index (χ0v) is 28.8. The SMILES string of the molecule is O=C1COc2c(C(O)CNCc3ccc4c(c3)CCN(CCN3CCC(OC(=O)Nc5ccccc5-c5ccccc5)CC3)C4=O)ccc(O)c2N1. The zero-order chi connectivity index (χ0) is 36.0. The van der Waals surface area contributed by atoms with Crippen LogP contribution in [0.5, 0.6) is 11.5 Å². The molecule has 7 rings (SSSR count). The Labute approximate surface area is 302 Å². The van der Waals surface area contributed by atoms with Crippen LogP contribution in [0.25, 0.3) is 11.1 Å². The van der Waals surface area contributed by atoms with Crippen LogP contribution in [0.15, 0.2) is 84.9 Å². The summed E-state index contributed by atoms with van der Waals surface area (Å²) >= 11 is 0. The molecular weight excluding hydrogens is 662 g/mol. The van der Waals surface area contributed by atoms with Crippen molar-refractivity contribution in [2.45, 2.75) is 38.0 Å². The molecule has 12 nitrogen and oxygen atoms in total. The lowest BCUT2D eigenvalue weighted by Gasteiger charge is -2.34. The van der Waals surface area contributed by atoms with E-state index in [1.807, 2.05) is 77.7 Å². The molecule has 0 aromatic heterocycles. The number of hydrogen-bond acceptors (Lipinski definition) is 9. The third-order valence-corrected chi connectivity index (χ3v) is 9.89. The monoisotopic (exact) mass is 705 g/mol. The molecule has 1 saturated heterocycles. The number of anilines is 2. The number of aliphatic hydroxyl groups is 1. The third kappa shape index (κ3) is 8.04. The molecule has 52 heavy (non-hydrogen) atoms. The number of aliphatic hydroxyl groups excluding tert-OH is 1. The maximum atomic E-state index is 13.4.